The molecule has 0 aromatic carbocycles. The maximum Gasteiger partial charge on any atom is 0.307 e. The first-order valence-electron chi connectivity index (χ1n) is 7.22. The van der Waals surface area contributed by atoms with E-state index in [0.29, 0.717) is 24.2 Å². The standard InChI is InChI=1S/C15H17NO6/c1-6-12(21-7(2)17)9-4-5-15(6,22-8(3)18)11-10(9)13(19)16-14(11)20/h9-11H,4-5H2,1-3H3,(H,16,19,20)/t9-,10+,11-,15-/m0/s1. The van der Waals surface area contributed by atoms with Crippen LogP contribution in [-0.4, -0.2) is 29.4 Å². The van der Waals surface area contributed by atoms with E-state index in [9.17, 15) is 19.2 Å². The lowest BCUT2D eigenvalue weighted by Crippen LogP contribution is -2.58. The highest BCUT2D eigenvalue weighted by atomic mass is 16.6. The summed E-state index contributed by atoms with van der Waals surface area (Å²) in [4.78, 5) is 47.3. The molecule has 0 spiro atoms. The summed E-state index contributed by atoms with van der Waals surface area (Å²) in [6.07, 6.45) is 0.963. The number of carbonyl (C=O) groups is 4. The van der Waals surface area contributed by atoms with Crippen molar-refractivity contribution in [3.8, 4) is 0 Å². The van der Waals surface area contributed by atoms with Crippen LogP contribution in [0.25, 0.3) is 0 Å². The molecule has 1 aliphatic heterocycles. The van der Waals surface area contributed by atoms with Gasteiger partial charge in [-0.3, -0.25) is 24.5 Å². The number of hydrogen-bond donors (Lipinski definition) is 1. The number of imide groups is 1. The average Bonchev–Trinajstić information content (AvgIpc) is 2.71. The molecule has 3 aliphatic carbocycles. The Morgan fingerprint density at radius 1 is 1.18 bits per heavy atom. The van der Waals surface area contributed by atoms with E-state index in [1.165, 1.54) is 13.8 Å². The third-order valence-corrected chi connectivity index (χ3v) is 4.87. The second-order valence-electron chi connectivity index (χ2n) is 6.07. The highest BCUT2D eigenvalue weighted by molar-refractivity contribution is 6.07. The molecule has 1 N–H and O–H groups in total. The van der Waals surface area contributed by atoms with Gasteiger partial charge in [0.15, 0.2) is 0 Å². The summed E-state index contributed by atoms with van der Waals surface area (Å²) >= 11 is 0. The van der Waals surface area contributed by atoms with E-state index in [4.69, 9.17) is 9.47 Å². The fourth-order valence-corrected chi connectivity index (χ4v) is 4.17. The van der Waals surface area contributed by atoms with Crippen molar-refractivity contribution < 1.29 is 28.7 Å². The molecular formula is C15H17NO6. The molecule has 4 rings (SSSR count). The fraction of sp³-hybridized carbons (Fsp3) is 0.600. The van der Waals surface area contributed by atoms with Gasteiger partial charge in [0, 0.05) is 25.3 Å². The number of rotatable bonds is 2. The summed E-state index contributed by atoms with van der Waals surface area (Å²) < 4.78 is 10.8. The number of nitrogens with one attached hydrogen (secondary N) is 1. The van der Waals surface area contributed by atoms with Crippen LogP contribution in [0.1, 0.15) is 33.6 Å². The zero-order chi connectivity index (χ0) is 16.2. The van der Waals surface area contributed by atoms with E-state index in [1.807, 2.05) is 0 Å². The third kappa shape index (κ3) is 1.81. The molecule has 0 unspecified atom stereocenters. The van der Waals surface area contributed by atoms with Gasteiger partial charge >= 0.3 is 11.9 Å². The summed E-state index contributed by atoms with van der Waals surface area (Å²) in [5.74, 6) is -3.23. The number of ether oxygens (including phenoxy) is 2. The second-order valence-corrected chi connectivity index (χ2v) is 6.07. The van der Waals surface area contributed by atoms with E-state index in [2.05, 4.69) is 5.32 Å². The quantitative estimate of drug-likeness (QED) is 0.587. The molecule has 2 fully saturated rings. The smallest absolute Gasteiger partial charge is 0.307 e. The largest absolute Gasteiger partial charge is 0.454 e. The molecular weight excluding hydrogens is 290 g/mol. The average molecular weight is 307 g/mol. The Hall–Kier alpha value is -2.18. The van der Waals surface area contributed by atoms with Crippen molar-refractivity contribution in [1.82, 2.24) is 5.32 Å². The highest BCUT2D eigenvalue weighted by Gasteiger charge is 2.67. The van der Waals surface area contributed by atoms with Gasteiger partial charge in [0.1, 0.15) is 11.4 Å². The van der Waals surface area contributed by atoms with Gasteiger partial charge in [-0.1, -0.05) is 0 Å². The predicted molar refractivity (Wildman–Crippen MR) is 71.8 cm³/mol. The van der Waals surface area contributed by atoms with Crippen LogP contribution in [0, 0.1) is 17.8 Å². The van der Waals surface area contributed by atoms with E-state index >= 15 is 0 Å². The minimum atomic E-state index is -1.20. The minimum absolute atomic E-state index is 0.335. The van der Waals surface area contributed by atoms with Gasteiger partial charge in [-0.05, 0) is 19.8 Å². The van der Waals surface area contributed by atoms with E-state index in [0.717, 1.165) is 0 Å². The Bertz CT molecular complexity index is 636. The molecule has 0 aromatic rings. The Balaban J connectivity index is 2.17. The molecule has 118 valence electrons. The number of hydrogen-bond acceptors (Lipinski definition) is 6. The number of fused-ring (bicyclic) bond motifs is 1. The maximum atomic E-state index is 12.2. The Labute approximate surface area is 127 Å². The van der Waals surface area contributed by atoms with Crippen molar-refractivity contribution in [2.45, 2.75) is 39.2 Å². The molecule has 4 aliphatic rings. The number of esters is 2. The molecule has 1 saturated carbocycles. The van der Waals surface area contributed by atoms with Crippen molar-refractivity contribution >= 4 is 23.8 Å². The van der Waals surface area contributed by atoms with E-state index < -0.39 is 41.2 Å². The van der Waals surface area contributed by atoms with Crippen molar-refractivity contribution in [3.63, 3.8) is 0 Å². The minimum Gasteiger partial charge on any atom is -0.454 e. The van der Waals surface area contributed by atoms with Gasteiger partial charge in [0.05, 0.1) is 11.8 Å². The monoisotopic (exact) mass is 307 g/mol. The summed E-state index contributed by atoms with van der Waals surface area (Å²) in [5, 5.41) is 2.32. The Morgan fingerprint density at radius 3 is 2.45 bits per heavy atom. The van der Waals surface area contributed by atoms with E-state index in [1.54, 1.807) is 6.92 Å². The molecule has 0 aromatic heterocycles. The Morgan fingerprint density at radius 2 is 1.86 bits per heavy atom. The van der Waals surface area contributed by atoms with Crippen molar-refractivity contribution in [3.05, 3.63) is 11.3 Å². The van der Waals surface area contributed by atoms with Gasteiger partial charge in [-0.2, -0.15) is 0 Å². The van der Waals surface area contributed by atoms with Crippen molar-refractivity contribution in [2.75, 3.05) is 0 Å². The van der Waals surface area contributed by atoms with Crippen molar-refractivity contribution in [1.29, 1.82) is 0 Å². The lowest BCUT2D eigenvalue weighted by atomic mass is 9.56. The molecule has 7 heteroatoms. The van der Waals surface area contributed by atoms with Gasteiger partial charge in [0.25, 0.3) is 0 Å². The third-order valence-electron chi connectivity index (χ3n) is 4.87. The Kier molecular flexibility index (Phi) is 3.12. The maximum absolute atomic E-state index is 12.2. The topological polar surface area (TPSA) is 98.8 Å². The van der Waals surface area contributed by atoms with Gasteiger partial charge < -0.3 is 9.47 Å². The highest BCUT2D eigenvalue weighted by Crippen LogP contribution is 2.57. The molecule has 1 saturated heterocycles. The summed E-state index contributed by atoms with van der Waals surface area (Å²) in [7, 11) is 0. The van der Waals surface area contributed by atoms with Crippen LogP contribution in [-0.2, 0) is 28.7 Å². The summed E-state index contributed by atoms with van der Waals surface area (Å²) in [6, 6.07) is 0. The van der Waals surface area contributed by atoms with Crippen molar-refractivity contribution in [2.24, 2.45) is 17.8 Å². The van der Waals surface area contributed by atoms with Crippen LogP contribution in [0.4, 0.5) is 0 Å². The molecule has 22 heavy (non-hydrogen) atoms. The van der Waals surface area contributed by atoms with Crippen LogP contribution in [0.5, 0.6) is 0 Å². The number of allylic oxidation sites excluding steroid dienone is 1. The fourth-order valence-electron chi connectivity index (χ4n) is 4.17. The van der Waals surface area contributed by atoms with Gasteiger partial charge in [-0.25, -0.2) is 0 Å². The SMILES string of the molecule is CC(=O)OC1=C(C)[C@@]2(OC(C)=O)CC[C@H]1[C@H]1C(=O)NC(=O)[C@H]12. The molecule has 2 amide bonds. The number of amides is 2. The lowest BCUT2D eigenvalue weighted by Gasteiger charge is -2.51. The first-order chi connectivity index (χ1) is 10.3. The molecule has 0 radical (unpaired) electrons. The molecule has 1 heterocycles. The van der Waals surface area contributed by atoms with Crippen LogP contribution >= 0.6 is 0 Å². The zero-order valence-electron chi connectivity index (χ0n) is 12.6. The van der Waals surface area contributed by atoms with Gasteiger partial charge in [-0.15, -0.1) is 0 Å². The van der Waals surface area contributed by atoms with Crippen LogP contribution < -0.4 is 5.32 Å². The number of carbonyl (C=O) groups excluding carboxylic acids is 4. The summed E-state index contributed by atoms with van der Waals surface area (Å²) in [5.41, 5.74) is -0.646. The van der Waals surface area contributed by atoms with Gasteiger partial charge in [0.2, 0.25) is 11.8 Å². The second kappa shape index (κ2) is 4.66. The normalized spacial score (nSPS) is 36.0. The first kappa shape index (κ1) is 14.7. The molecule has 2 bridgehead atoms. The zero-order valence-corrected chi connectivity index (χ0v) is 12.6. The lowest BCUT2D eigenvalue weighted by molar-refractivity contribution is -0.175. The van der Waals surface area contributed by atoms with Crippen LogP contribution in [0.15, 0.2) is 11.3 Å². The first-order valence-corrected chi connectivity index (χ1v) is 7.22. The summed E-state index contributed by atoms with van der Waals surface area (Å²) in [6.45, 7) is 4.23. The predicted octanol–water partition coefficient (Wildman–Crippen LogP) is 0.438. The molecule has 7 nitrogen and oxygen atoms in total. The van der Waals surface area contributed by atoms with E-state index in [-0.39, 0.29) is 5.92 Å². The van der Waals surface area contributed by atoms with Crippen LogP contribution in [0.3, 0.4) is 0 Å². The van der Waals surface area contributed by atoms with Crippen LogP contribution in [0.2, 0.25) is 0 Å². The molecule has 4 atom stereocenters.